The summed E-state index contributed by atoms with van der Waals surface area (Å²) in [5.41, 5.74) is 5.01. The van der Waals surface area contributed by atoms with E-state index in [9.17, 15) is 14.4 Å². The number of nitrogens with zero attached hydrogens (tertiary/aromatic N) is 5. The lowest BCUT2D eigenvalue weighted by molar-refractivity contribution is -0.148. The van der Waals surface area contributed by atoms with Crippen molar-refractivity contribution in [3.05, 3.63) is 17.8 Å². The second-order valence-corrected chi connectivity index (χ2v) is 6.31. The normalized spacial score (nSPS) is 22.2. The number of rotatable bonds is 4. The van der Waals surface area contributed by atoms with Crippen molar-refractivity contribution >= 4 is 41.4 Å². The molecule has 0 aromatic carbocycles. The maximum atomic E-state index is 12.3. The van der Waals surface area contributed by atoms with Crippen LogP contribution >= 0.6 is 11.8 Å². The van der Waals surface area contributed by atoms with Gasteiger partial charge in [-0.1, -0.05) is 5.16 Å². The molecule has 1 aromatic heterocycles. The molecule has 26 heavy (non-hydrogen) atoms. The predicted molar refractivity (Wildman–Crippen MR) is 86.0 cm³/mol. The number of hydrogen-bond acceptors (Lipinski definition) is 10. The highest BCUT2D eigenvalue weighted by molar-refractivity contribution is 8.00. The highest BCUT2D eigenvalue weighted by Crippen LogP contribution is 2.37. The maximum absolute atomic E-state index is 12.3. The minimum absolute atomic E-state index is 0.00304. The van der Waals surface area contributed by atoms with Crippen molar-refractivity contribution in [3.63, 3.8) is 0 Å². The van der Waals surface area contributed by atoms with E-state index in [-0.39, 0.29) is 17.7 Å². The number of carbonyl (C=O) groups excluding carboxylic acids is 2. The van der Waals surface area contributed by atoms with E-state index in [0.717, 1.165) is 4.90 Å². The number of ether oxygens (including phenoxy) is 1. The lowest BCUT2D eigenvalue weighted by atomic mass is 10.1. The quantitative estimate of drug-likeness (QED) is 0.157. The molecule has 0 bridgehead atoms. The molecule has 2 atom stereocenters. The zero-order chi connectivity index (χ0) is 19.0. The Balaban J connectivity index is 1.72. The number of aromatic nitrogens is 3. The van der Waals surface area contributed by atoms with Crippen molar-refractivity contribution in [2.45, 2.75) is 11.4 Å². The van der Waals surface area contributed by atoms with Crippen LogP contribution in [0.25, 0.3) is 0 Å². The average Bonchev–Trinajstić information content (AvgIpc) is 2.91. The summed E-state index contributed by atoms with van der Waals surface area (Å²) >= 11 is 1.30. The van der Waals surface area contributed by atoms with Gasteiger partial charge in [0.05, 0.1) is 0 Å². The molecule has 14 heteroatoms. The molecule has 0 saturated carbocycles. The number of β-lactam (4-membered cyclic amide) rings is 1. The number of nitrogens with two attached hydrogens (primary N) is 1. The first kappa shape index (κ1) is 17.5. The number of hydrogen-bond donors (Lipinski definition) is 4. The predicted octanol–water partition coefficient (Wildman–Crippen LogP) is -1.49. The summed E-state index contributed by atoms with van der Waals surface area (Å²) in [5, 5.41) is 26.4. The van der Waals surface area contributed by atoms with Crippen molar-refractivity contribution in [1.29, 1.82) is 0 Å². The number of nitrogens with one attached hydrogen (secondary N) is 1. The van der Waals surface area contributed by atoms with Gasteiger partial charge in [-0.15, -0.1) is 16.9 Å². The van der Waals surface area contributed by atoms with Crippen LogP contribution in [0.3, 0.4) is 0 Å². The van der Waals surface area contributed by atoms with Crippen molar-refractivity contribution in [2.75, 3.05) is 11.5 Å². The largest absolute Gasteiger partial charge is 0.512 e. The molecule has 2 aliphatic rings. The van der Waals surface area contributed by atoms with Crippen LogP contribution in [0.4, 0.5) is 10.7 Å². The summed E-state index contributed by atoms with van der Waals surface area (Å²) in [7, 11) is 1.49. The second-order valence-electron chi connectivity index (χ2n) is 5.16. The number of aryl methyl sites for hydroxylation is 1. The SMILES string of the molecule is Cn1nc(C(=NO)C(=O)N[C@@H]2C(=O)N3C(OC(=O)O)=CCS[C@@H]23)nc1N. The molecule has 13 nitrogen and oxygen atoms in total. The van der Waals surface area contributed by atoms with Crippen LogP contribution in [-0.2, 0) is 21.4 Å². The smallest absolute Gasteiger partial charge is 0.449 e. The lowest BCUT2D eigenvalue weighted by Gasteiger charge is -2.47. The topological polar surface area (TPSA) is 185 Å². The number of thioether (sulfide) groups is 1. The van der Waals surface area contributed by atoms with E-state index >= 15 is 0 Å². The van der Waals surface area contributed by atoms with E-state index in [0.29, 0.717) is 5.75 Å². The first-order chi connectivity index (χ1) is 12.3. The summed E-state index contributed by atoms with van der Waals surface area (Å²) in [6.07, 6.45) is -0.0948. The molecule has 1 fully saturated rings. The van der Waals surface area contributed by atoms with Gasteiger partial charge in [0.15, 0.2) is 0 Å². The third-order valence-electron chi connectivity index (χ3n) is 3.61. The number of anilines is 1. The van der Waals surface area contributed by atoms with Gasteiger partial charge in [0.25, 0.3) is 11.8 Å². The fraction of sp³-hybridized carbons (Fsp3) is 0.333. The van der Waals surface area contributed by atoms with E-state index in [1.54, 1.807) is 0 Å². The van der Waals surface area contributed by atoms with Gasteiger partial charge in [-0.25, -0.2) is 9.48 Å². The lowest BCUT2D eigenvalue weighted by Crippen LogP contribution is -2.70. The van der Waals surface area contributed by atoms with Crippen LogP contribution < -0.4 is 11.1 Å². The summed E-state index contributed by atoms with van der Waals surface area (Å²) < 4.78 is 5.74. The Labute approximate surface area is 149 Å². The Hall–Kier alpha value is -3.29. The van der Waals surface area contributed by atoms with Gasteiger partial charge < -0.3 is 26.1 Å². The minimum atomic E-state index is -1.55. The molecule has 1 aromatic rings. The molecular formula is C12H13N7O6S. The van der Waals surface area contributed by atoms with Crippen molar-refractivity contribution < 1.29 is 29.4 Å². The number of carbonyl (C=O) groups is 3. The van der Waals surface area contributed by atoms with Crippen LogP contribution in [0, 0.1) is 0 Å². The van der Waals surface area contributed by atoms with Crippen molar-refractivity contribution in [3.8, 4) is 0 Å². The fourth-order valence-corrected chi connectivity index (χ4v) is 3.57. The maximum Gasteiger partial charge on any atom is 0.512 e. The summed E-state index contributed by atoms with van der Waals surface area (Å²) in [6, 6.07) is -0.952. The van der Waals surface area contributed by atoms with Gasteiger partial charge in [0.1, 0.15) is 11.4 Å². The molecule has 0 unspecified atom stereocenters. The van der Waals surface area contributed by atoms with E-state index < -0.39 is 35.1 Å². The van der Waals surface area contributed by atoms with Gasteiger partial charge in [-0.3, -0.25) is 14.5 Å². The number of oxime groups is 1. The number of amides is 2. The standard InChI is InChI=1S/C12H13N7O6S/c1-18-11(13)15-7(16-18)5(17-24)8(20)14-6-9(21)19-4(25-12(22)23)2-3-26-10(6)19/h2,6,10,24H,3H2,1H3,(H,14,20)(H,22,23)(H2,13,15,16)/t6-,10+/m1/s1. The van der Waals surface area contributed by atoms with Gasteiger partial charge in [0.2, 0.25) is 23.4 Å². The van der Waals surface area contributed by atoms with Crippen LogP contribution in [0.15, 0.2) is 17.1 Å². The number of nitrogen functional groups attached to an aromatic ring is 1. The Kier molecular flexibility index (Phi) is 4.41. The van der Waals surface area contributed by atoms with E-state index in [2.05, 4.69) is 25.3 Å². The zero-order valence-corrected chi connectivity index (χ0v) is 14.0. The molecule has 0 radical (unpaired) electrons. The number of fused-ring (bicyclic) bond motifs is 1. The molecule has 138 valence electrons. The highest BCUT2D eigenvalue weighted by Gasteiger charge is 2.53. The van der Waals surface area contributed by atoms with Crippen molar-refractivity contribution in [1.82, 2.24) is 25.0 Å². The minimum Gasteiger partial charge on any atom is -0.449 e. The van der Waals surface area contributed by atoms with Crippen LogP contribution in [0.5, 0.6) is 0 Å². The van der Waals surface area contributed by atoms with Gasteiger partial charge in [-0.2, -0.15) is 4.98 Å². The molecule has 0 spiro atoms. The molecule has 3 rings (SSSR count). The summed E-state index contributed by atoms with van der Waals surface area (Å²) in [4.78, 5) is 40.2. The third-order valence-corrected chi connectivity index (χ3v) is 4.79. The molecule has 5 N–H and O–H groups in total. The number of carboxylic acid groups (broad SMARTS) is 1. The first-order valence-electron chi connectivity index (χ1n) is 7.09. The van der Waals surface area contributed by atoms with Gasteiger partial charge in [-0.05, 0) is 6.08 Å². The van der Waals surface area contributed by atoms with E-state index in [1.807, 2.05) is 0 Å². The van der Waals surface area contributed by atoms with Crippen LogP contribution in [-0.4, -0.2) is 70.8 Å². The molecule has 2 aliphatic heterocycles. The van der Waals surface area contributed by atoms with Gasteiger partial charge in [0, 0.05) is 12.8 Å². The summed E-state index contributed by atoms with van der Waals surface area (Å²) in [6.45, 7) is 0. The monoisotopic (exact) mass is 383 g/mol. The first-order valence-corrected chi connectivity index (χ1v) is 8.13. The molecule has 1 saturated heterocycles. The molecular weight excluding hydrogens is 370 g/mol. The highest BCUT2D eigenvalue weighted by atomic mass is 32.2. The van der Waals surface area contributed by atoms with Crippen LogP contribution in [0.1, 0.15) is 5.82 Å². The molecule has 3 heterocycles. The van der Waals surface area contributed by atoms with Gasteiger partial charge >= 0.3 is 6.16 Å². The molecule has 2 amide bonds. The summed E-state index contributed by atoms with van der Waals surface area (Å²) in [5.74, 6) is -1.36. The average molecular weight is 383 g/mol. The van der Waals surface area contributed by atoms with E-state index in [1.165, 1.54) is 29.6 Å². The Bertz CT molecular complexity index is 830. The third kappa shape index (κ3) is 2.90. The Morgan fingerprint density at radius 2 is 2.27 bits per heavy atom. The van der Waals surface area contributed by atoms with Crippen molar-refractivity contribution in [2.24, 2.45) is 12.2 Å². The second kappa shape index (κ2) is 6.55. The Morgan fingerprint density at radius 1 is 1.54 bits per heavy atom. The fourth-order valence-electron chi connectivity index (χ4n) is 2.40. The zero-order valence-electron chi connectivity index (χ0n) is 13.2. The Morgan fingerprint density at radius 3 is 2.85 bits per heavy atom. The molecule has 0 aliphatic carbocycles. The van der Waals surface area contributed by atoms with Crippen LogP contribution in [0.2, 0.25) is 0 Å². The van der Waals surface area contributed by atoms with E-state index in [4.69, 9.17) is 16.0 Å².